The Labute approximate surface area is 430 Å². The molecule has 71 heavy (non-hydrogen) atoms. The number of nitrogens with zero attached hydrogens (tertiary/aromatic N) is 2. The van der Waals surface area contributed by atoms with Gasteiger partial charge in [-0.2, -0.15) is 0 Å². The van der Waals surface area contributed by atoms with Crippen molar-refractivity contribution >= 4 is 45.1 Å². The highest BCUT2D eigenvalue weighted by molar-refractivity contribution is 6.78. The summed E-state index contributed by atoms with van der Waals surface area (Å²) in [5, 5.41) is 5.69. The zero-order valence-corrected chi connectivity index (χ0v) is 47.5. The van der Waals surface area contributed by atoms with Crippen LogP contribution in [0.4, 0.5) is 0 Å². The van der Waals surface area contributed by atoms with Gasteiger partial charge in [0, 0.05) is 45.3 Å². The van der Waals surface area contributed by atoms with Crippen LogP contribution in [0.2, 0.25) is 33.2 Å². The number of hydrogen-bond donors (Lipinski definition) is 1. The normalized spacial score (nSPS) is 16.9. The van der Waals surface area contributed by atoms with Gasteiger partial charge in [0.25, 0.3) is 0 Å². The Morgan fingerprint density at radius 3 is 1.73 bits per heavy atom. The lowest BCUT2D eigenvalue weighted by molar-refractivity contribution is -0.140. The zero-order chi connectivity index (χ0) is 51.7. The van der Waals surface area contributed by atoms with Crippen molar-refractivity contribution in [3.8, 4) is 5.75 Å². The fourth-order valence-electron chi connectivity index (χ4n) is 11.9. The van der Waals surface area contributed by atoms with Gasteiger partial charge in [-0.25, -0.2) is 0 Å². The number of fused-ring (bicyclic) bond motifs is 1. The fraction of sp³-hybridized carbons (Fsp3) is 0.550. The summed E-state index contributed by atoms with van der Waals surface area (Å²) in [6.45, 7) is 30.1. The van der Waals surface area contributed by atoms with Crippen molar-refractivity contribution < 1.29 is 28.0 Å². The number of amides is 3. The maximum atomic E-state index is 15.1. The standard InChI is InChI=1S/C60H89N3O6Si2/c1-44(2)70(45(3)4,46(5)6)68-38-20-26-55-42-62(59(65)41-52-28-32-53-24-16-17-25-54(53)40-52)36-18-19-37-63(57(60(66)61-55)27-21-39-69-71(47(7)8,48(9)10)49(11)12)58(64)35-31-50-29-33-56(34-30-50)67-43-51-22-14-13-15-23-51/h13-19,22-25,28-30,32-34,40,44-49,55,57H,20-21,26-27,31,35-39,41-43H2,1-12H3,(H,61,66)/b19-18+/t55-,57-/m0/s1. The summed E-state index contributed by atoms with van der Waals surface area (Å²) in [4.78, 5) is 47.9. The first-order chi connectivity index (χ1) is 33.9. The highest BCUT2D eigenvalue weighted by Gasteiger charge is 2.46. The molecule has 0 bridgehead atoms. The van der Waals surface area contributed by atoms with Crippen LogP contribution < -0.4 is 10.1 Å². The van der Waals surface area contributed by atoms with Gasteiger partial charge in [-0.05, 0) is 105 Å². The molecule has 0 saturated carbocycles. The first kappa shape index (κ1) is 57.3. The summed E-state index contributed by atoms with van der Waals surface area (Å²) in [5.74, 6) is 0.501. The van der Waals surface area contributed by atoms with E-state index in [1.807, 2.05) is 89.8 Å². The van der Waals surface area contributed by atoms with E-state index in [2.05, 4.69) is 113 Å². The van der Waals surface area contributed by atoms with Gasteiger partial charge in [0.15, 0.2) is 16.6 Å². The maximum absolute atomic E-state index is 15.1. The molecule has 2 atom stereocenters. The Hall–Kier alpha value is -4.56. The van der Waals surface area contributed by atoms with Crippen LogP contribution in [0.5, 0.6) is 5.75 Å². The molecule has 5 rings (SSSR count). The molecule has 0 radical (unpaired) electrons. The minimum atomic E-state index is -2.16. The molecule has 0 aliphatic carbocycles. The molecule has 0 spiro atoms. The third-order valence-electron chi connectivity index (χ3n) is 15.3. The minimum absolute atomic E-state index is 0.00301. The van der Waals surface area contributed by atoms with Crippen molar-refractivity contribution in [1.29, 1.82) is 0 Å². The number of rotatable bonds is 24. The monoisotopic (exact) mass is 1000 g/mol. The van der Waals surface area contributed by atoms with E-state index in [-0.39, 0.29) is 43.1 Å². The minimum Gasteiger partial charge on any atom is -0.489 e. The lowest BCUT2D eigenvalue weighted by Gasteiger charge is -2.42. The third-order valence-corrected chi connectivity index (χ3v) is 27.6. The van der Waals surface area contributed by atoms with Gasteiger partial charge >= 0.3 is 0 Å². The Morgan fingerprint density at radius 2 is 1.14 bits per heavy atom. The van der Waals surface area contributed by atoms with Gasteiger partial charge in [-0.15, -0.1) is 0 Å². The average Bonchev–Trinajstić information content (AvgIpc) is 3.36. The molecule has 0 fully saturated rings. The number of aryl methyl sites for hydroxylation is 1. The average molecular weight is 1000 g/mol. The van der Waals surface area contributed by atoms with Crippen molar-refractivity contribution in [1.82, 2.24) is 15.1 Å². The second-order valence-corrected chi connectivity index (χ2v) is 32.9. The van der Waals surface area contributed by atoms with E-state index in [0.717, 1.165) is 39.6 Å². The lowest BCUT2D eigenvalue weighted by atomic mass is 10.0. The summed E-state index contributed by atoms with van der Waals surface area (Å²) in [7, 11) is -4.28. The van der Waals surface area contributed by atoms with Crippen LogP contribution in [0.3, 0.4) is 0 Å². The Balaban J connectivity index is 1.42. The van der Waals surface area contributed by atoms with Crippen LogP contribution >= 0.6 is 0 Å². The second-order valence-electron chi connectivity index (χ2n) is 21.9. The van der Waals surface area contributed by atoms with Crippen LogP contribution in [0.25, 0.3) is 10.8 Å². The zero-order valence-electron chi connectivity index (χ0n) is 45.5. The van der Waals surface area contributed by atoms with Crippen molar-refractivity contribution in [3.05, 3.63) is 126 Å². The molecular weight excluding hydrogens is 915 g/mol. The molecule has 1 aliphatic rings. The molecule has 0 saturated heterocycles. The Kier molecular flexibility index (Phi) is 22.2. The van der Waals surface area contributed by atoms with Crippen molar-refractivity contribution in [3.63, 3.8) is 0 Å². The van der Waals surface area contributed by atoms with E-state index in [1.165, 1.54) is 0 Å². The van der Waals surface area contributed by atoms with E-state index in [0.29, 0.717) is 91.8 Å². The topological polar surface area (TPSA) is 97.4 Å². The smallest absolute Gasteiger partial charge is 0.243 e. The van der Waals surface area contributed by atoms with Gasteiger partial charge in [0.1, 0.15) is 18.4 Å². The molecule has 1 N–H and O–H groups in total. The molecule has 4 aromatic carbocycles. The molecule has 4 aromatic rings. The highest BCUT2D eigenvalue weighted by Crippen LogP contribution is 2.43. The molecule has 9 nitrogen and oxygen atoms in total. The van der Waals surface area contributed by atoms with Crippen molar-refractivity contribution in [2.75, 3.05) is 32.8 Å². The summed E-state index contributed by atoms with van der Waals surface area (Å²) in [6.07, 6.45) is 7.45. The highest BCUT2D eigenvalue weighted by atomic mass is 28.4. The first-order valence-corrected chi connectivity index (χ1v) is 31.2. The fourth-order valence-corrected chi connectivity index (χ4v) is 22.9. The van der Waals surface area contributed by atoms with Gasteiger partial charge in [0.05, 0.1) is 6.42 Å². The molecule has 11 heteroatoms. The van der Waals surface area contributed by atoms with E-state index < -0.39 is 22.7 Å². The summed E-state index contributed by atoms with van der Waals surface area (Å²) in [5.41, 5.74) is 5.73. The van der Waals surface area contributed by atoms with Crippen LogP contribution in [-0.4, -0.2) is 89.1 Å². The van der Waals surface area contributed by atoms with Crippen molar-refractivity contribution in [2.45, 2.75) is 180 Å². The van der Waals surface area contributed by atoms with Crippen LogP contribution in [0.1, 0.15) is 132 Å². The first-order valence-electron chi connectivity index (χ1n) is 26.9. The number of benzene rings is 4. The predicted octanol–water partition coefficient (Wildman–Crippen LogP) is 13.6. The largest absolute Gasteiger partial charge is 0.489 e. The number of ether oxygens (including phenoxy) is 1. The molecule has 1 heterocycles. The van der Waals surface area contributed by atoms with E-state index >= 15 is 4.79 Å². The van der Waals surface area contributed by atoms with Gasteiger partial charge < -0.3 is 28.7 Å². The summed E-state index contributed by atoms with van der Waals surface area (Å²) < 4.78 is 20.1. The van der Waals surface area contributed by atoms with Crippen molar-refractivity contribution in [2.24, 2.45) is 0 Å². The van der Waals surface area contributed by atoms with Gasteiger partial charge in [0.2, 0.25) is 17.7 Å². The molecule has 388 valence electrons. The molecule has 3 amide bonds. The van der Waals surface area contributed by atoms with Crippen LogP contribution in [0.15, 0.2) is 109 Å². The van der Waals surface area contributed by atoms with Crippen LogP contribution in [-0.2, 0) is 42.7 Å². The molecule has 1 aliphatic heterocycles. The summed E-state index contributed by atoms with van der Waals surface area (Å²) >= 11 is 0. The Bertz CT molecular complexity index is 2250. The SMILES string of the molecule is CC(C)[Si](OCCC[C@H]1CN(C(=O)Cc2ccc3ccccc3c2)C/C=C/CN(C(=O)CCc2ccc(OCc3ccccc3)cc2)[C@@H](CCCO[Si](C(C)C)(C(C)C)C(C)C)C(=O)N1)(C(C)C)C(C)C. The lowest BCUT2D eigenvalue weighted by Crippen LogP contribution is -2.54. The Morgan fingerprint density at radius 1 is 0.606 bits per heavy atom. The maximum Gasteiger partial charge on any atom is 0.243 e. The number of carbonyl (C=O) groups excluding carboxylic acids is 3. The number of hydrogen-bond acceptors (Lipinski definition) is 6. The van der Waals surface area contributed by atoms with Gasteiger partial charge in [-0.1, -0.05) is 180 Å². The van der Waals surface area contributed by atoms with E-state index in [9.17, 15) is 9.59 Å². The number of nitrogens with one attached hydrogen (secondary N) is 1. The van der Waals surface area contributed by atoms with E-state index in [4.69, 9.17) is 13.6 Å². The van der Waals surface area contributed by atoms with Gasteiger partial charge in [-0.3, -0.25) is 14.4 Å². The molecule has 0 unspecified atom stereocenters. The summed E-state index contributed by atoms with van der Waals surface area (Å²) in [6, 6.07) is 31.4. The van der Waals surface area contributed by atoms with Crippen LogP contribution in [0, 0.1) is 0 Å². The van der Waals surface area contributed by atoms with E-state index in [1.54, 1.807) is 4.90 Å². The molecule has 0 aromatic heterocycles. The number of carbonyl (C=O) groups is 3. The second kappa shape index (κ2) is 27.5. The molecular formula is C60H89N3O6Si2. The quantitative estimate of drug-likeness (QED) is 0.0427. The predicted molar refractivity (Wildman–Crippen MR) is 299 cm³/mol. The third kappa shape index (κ3) is 15.5.